The highest BCUT2D eigenvalue weighted by molar-refractivity contribution is 5.85. The molecule has 1 unspecified atom stereocenters. The highest BCUT2D eigenvalue weighted by atomic mass is 16.1. The Morgan fingerprint density at radius 1 is 1.50 bits per heavy atom. The van der Waals surface area contributed by atoms with Crippen molar-refractivity contribution in [3.05, 3.63) is 0 Å². The Hall–Kier alpha value is -1.18. The second-order valence-corrected chi connectivity index (χ2v) is 2.87. The lowest BCUT2D eigenvalue weighted by Crippen LogP contribution is -2.44. The highest BCUT2D eigenvalue weighted by Gasteiger charge is 2.13. The maximum atomic E-state index is 11.1. The van der Waals surface area contributed by atoms with Crippen LogP contribution in [0.1, 0.15) is 12.8 Å². The first-order chi connectivity index (χ1) is 6.61. The number of hydrazine groups is 1. The molecule has 0 fully saturated rings. The molecule has 0 saturated heterocycles. The Labute approximate surface area is 82.9 Å². The number of hydrogen-bond acceptors (Lipinski definition) is 5. The summed E-state index contributed by atoms with van der Waals surface area (Å²) in [6.45, 7) is 0.528. The normalized spacial score (nSPS) is 12.1. The van der Waals surface area contributed by atoms with E-state index in [4.69, 9.17) is 22.7 Å². The number of rotatable bonds is 7. The fourth-order valence-corrected chi connectivity index (χ4v) is 1.01. The predicted octanol–water partition coefficient (Wildman–Crippen LogP) is -2.39. The summed E-state index contributed by atoms with van der Waals surface area (Å²) in [5, 5.41) is 9.52. The number of hydrogen-bond donors (Lipinski definition) is 6. The van der Waals surface area contributed by atoms with Gasteiger partial charge in [0.2, 0.25) is 0 Å². The van der Waals surface area contributed by atoms with Crippen molar-refractivity contribution in [3.8, 4) is 0 Å². The van der Waals surface area contributed by atoms with Crippen LogP contribution in [0.25, 0.3) is 0 Å². The van der Waals surface area contributed by atoms with Gasteiger partial charge in [0, 0.05) is 6.54 Å². The number of guanidine groups is 1. The zero-order chi connectivity index (χ0) is 11.0. The third-order valence-corrected chi connectivity index (χ3v) is 1.78. The molecule has 0 radical (unpaired) electrons. The lowest BCUT2D eigenvalue weighted by molar-refractivity contribution is -0.119. The summed E-state index contributed by atoms with van der Waals surface area (Å²) in [5.41, 5.74) is 12.7. The van der Waals surface area contributed by atoms with Crippen LogP contribution in [0, 0.1) is 5.41 Å². The Kier molecular flexibility index (Phi) is 6.63. The summed E-state index contributed by atoms with van der Waals surface area (Å²) in [7, 11) is 0. The van der Waals surface area contributed by atoms with Crippen LogP contribution in [0.3, 0.4) is 0 Å². The number of Topliss-reactive ketones (excluding diaryl/α,β-unsaturated/α-hetero) is 1. The van der Waals surface area contributed by atoms with Crippen LogP contribution in [-0.2, 0) is 4.79 Å². The first kappa shape index (κ1) is 12.8. The molecule has 0 rings (SSSR count). The minimum Gasteiger partial charge on any atom is -0.370 e. The van der Waals surface area contributed by atoms with Gasteiger partial charge in [0.05, 0.1) is 12.6 Å². The first-order valence-corrected chi connectivity index (χ1v) is 4.38. The Morgan fingerprint density at radius 3 is 2.57 bits per heavy atom. The molecule has 0 bridgehead atoms. The number of nitrogens with two attached hydrogens (primary N) is 3. The maximum Gasteiger partial charge on any atom is 0.185 e. The van der Waals surface area contributed by atoms with Gasteiger partial charge in [0.1, 0.15) is 0 Å². The Balaban J connectivity index is 3.63. The number of ketones is 1. The van der Waals surface area contributed by atoms with Gasteiger partial charge in [-0.1, -0.05) is 0 Å². The van der Waals surface area contributed by atoms with Crippen molar-refractivity contribution in [2.75, 3.05) is 13.1 Å². The van der Waals surface area contributed by atoms with Gasteiger partial charge in [-0.05, 0) is 12.8 Å². The fourth-order valence-electron chi connectivity index (χ4n) is 1.01. The van der Waals surface area contributed by atoms with Gasteiger partial charge in [-0.3, -0.25) is 16.0 Å². The molecule has 0 amide bonds. The molecule has 0 spiro atoms. The molecule has 14 heavy (non-hydrogen) atoms. The van der Waals surface area contributed by atoms with Crippen molar-refractivity contribution in [2.24, 2.45) is 17.3 Å². The van der Waals surface area contributed by atoms with E-state index in [0.29, 0.717) is 19.4 Å². The minimum absolute atomic E-state index is 0.0188. The standard InChI is InChI=1S/C7H18N6O/c8-4-6(14)5(13-11)2-1-3-12-7(9)10/h5,13H,1-4,8,11H2,(H4,9,10,12). The second-order valence-electron chi connectivity index (χ2n) is 2.87. The van der Waals surface area contributed by atoms with E-state index < -0.39 is 6.04 Å². The summed E-state index contributed by atoms with van der Waals surface area (Å²) in [6, 6.07) is -0.409. The van der Waals surface area contributed by atoms with Crippen molar-refractivity contribution in [1.29, 1.82) is 5.41 Å². The van der Waals surface area contributed by atoms with Crippen molar-refractivity contribution >= 4 is 11.7 Å². The lowest BCUT2D eigenvalue weighted by Gasteiger charge is -2.13. The molecule has 0 saturated carbocycles. The van der Waals surface area contributed by atoms with Crippen molar-refractivity contribution < 1.29 is 4.79 Å². The molecular weight excluding hydrogens is 184 g/mol. The number of carbonyl (C=O) groups is 1. The Bertz CT molecular complexity index is 195. The molecule has 82 valence electrons. The Morgan fingerprint density at radius 2 is 2.14 bits per heavy atom. The largest absolute Gasteiger partial charge is 0.370 e. The fraction of sp³-hybridized carbons (Fsp3) is 0.714. The monoisotopic (exact) mass is 202 g/mol. The molecular formula is C7H18N6O. The molecule has 0 aromatic carbocycles. The summed E-state index contributed by atoms with van der Waals surface area (Å²) in [4.78, 5) is 11.1. The van der Waals surface area contributed by atoms with E-state index in [1.165, 1.54) is 0 Å². The van der Waals surface area contributed by atoms with Crippen molar-refractivity contribution in [1.82, 2.24) is 10.7 Å². The van der Waals surface area contributed by atoms with Crippen LogP contribution in [0.2, 0.25) is 0 Å². The van der Waals surface area contributed by atoms with Gasteiger partial charge < -0.3 is 16.8 Å². The molecule has 0 heterocycles. The molecule has 0 aromatic rings. The summed E-state index contributed by atoms with van der Waals surface area (Å²) >= 11 is 0. The van der Waals surface area contributed by atoms with Crippen LogP contribution in [0.4, 0.5) is 0 Å². The second kappa shape index (κ2) is 7.25. The summed E-state index contributed by atoms with van der Waals surface area (Å²) in [5.74, 6) is 4.99. The first-order valence-electron chi connectivity index (χ1n) is 4.38. The average Bonchev–Trinajstić information content (AvgIpc) is 2.16. The molecule has 0 aliphatic carbocycles. The predicted molar refractivity (Wildman–Crippen MR) is 54.3 cm³/mol. The van der Waals surface area contributed by atoms with Gasteiger partial charge in [-0.15, -0.1) is 0 Å². The van der Waals surface area contributed by atoms with Gasteiger partial charge in [-0.2, -0.15) is 0 Å². The van der Waals surface area contributed by atoms with Gasteiger partial charge in [0.25, 0.3) is 0 Å². The highest BCUT2D eigenvalue weighted by Crippen LogP contribution is 1.95. The lowest BCUT2D eigenvalue weighted by atomic mass is 10.1. The van der Waals surface area contributed by atoms with E-state index in [1.54, 1.807) is 0 Å². The van der Waals surface area contributed by atoms with Gasteiger partial charge >= 0.3 is 0 Å². The summed E-state index contributed by atoms with van der Waals surface area (Å²) < 4.78 is 0. The smallest absolute Gasteiger partial charge is 0.185 e. The van der Waals surface area contributed by atoms with E-state index in [9.17, 15) is 4.79 Å². The zero-order valence-electron chi connectivity index (χ0n) is 8.05. The van der Waals surface area contributed by atoms with E-state index in [1.807, 2.05) is 0 Å². The van der Waals surface area contributed by atoms with Crippen LogP contribution in [0.5, 0.6) is 0 Å². The number of nitrogens with one attached hydrogen (secondary N) is 3. The third kappa shape index (κ3) is 5.46. The quantitative estimate of drug-likeness (QED) is 0.0893. The van der Waals surface area contributed by atoms with E-state index in [-0.39, 0.29) is 18.3 Å². The summed E-state index contributed by atoms with van der Waals surface area (Å²) in [6.07, 6.45) is 1.27. The number of carbonyl (C=O) groups excluding carboxylic acids is 1. The van der Waals surface area contributed by atoms with E-state index in [0.717, 1.165) is 0 Å². The van der Waals surface area contributed by atoms with Crippen LogP contribution in [-0.4, -0.2) is 30.9 Å². The molecule has 0 aliphatic rings. The third-order valence-electron chi connectivity index (χ3n) is 1.78. The molecule has 0 aromatic heterocycles. The van der Waals surface area contributed by atoms with Crippen LogP contribution in [0.15, 0.2) is 0 Å². The molecule has 7 nitrogen and oxygen atoms in total. The van der Waals surface area contributed by atoms with Gasteiger partial charge in [0.15, 0.2) is 11.7 Å². The molecule has 1 atom stereocenters. The molecule has 7 heteroatoms. The average molecular weight is 202 g/mol. The van der Waals surface area contributed by atoms with Gasteiger partial charge in [-0.25, -0.2) is 5.43 Å². The molecule has 0 aliphatic heterocycles. The van der Waals surface area contributed by atoms with Crippen molar-refractivity contribution in [2.45, 2.75) is 18.9 Å². The SMILES string of the molecule is N=C(N)NCCCC(NN)C(=O)CN. The van der Waals surface area contributed by atoms with Crippen molar-refractivity contribution in [3.63, 3.8) is 0 Å². The van der Waals surface area contributed by atoms with E-state index >= 15 is 0 Å². The van der Waals surface area contributed by atoms with Crippen LogP contribution >= 0.6 is 0 Å². The van der Waals surface area contributed by atoms with E-state index in [2.05, 4.69) is 10.7 Å². The molecule has 9 N–H and O–H groups in total. The topological polar surface area (TPSA) is 143 Å². The maximum absolute atomic E-state index is 11.1. The van der Waals surface area contributed by atoms with Crippen LogP contribution < -0.4 is 28.1 Å². The minimum atomic E-state index is -0.409. The zero-order valence-corrected chi connectivity index (χ0v) is 8.05.